The number of ether oxygens (including phenoxy) is 1. The molecule has 134 valence electrons. The number of hydrogen-bond donors (Lipinski definition) is 1. The summed E-state index contributed by atoms with van der Waals surface area (Å²) in [7, 11) is 0. The van der Waals surface area contributed by atoms with Gasteiger partial charge in [-0.2, -0.15) is 0 Å². The first-order chi connectivity index (χ1) is 11.4. The minimum absolute atomic E-state index is 0.315. The number of carbonyl (C=O) groups excluding carboxylic acids is 1. The Kier molecular flexibility index (Phi) is 6.81. The molecule has 3 unspecified atom stereocenters. The van der Waals surface area contributed by atoms with Crippen molar-refractivity contribution in [1.29, 1.82) is 0 Å². The summed E-state index contributed by atoms with van der Waals surface area (Å²) >= 11 is 0. The molecule has 24 heavy (non-hydrogen) atoms. The van der Waals surface area contributed by atoms with E-state index in [0.29, 0.717) is 12.5 Å². The lowest BCUT2D eigenvalue weighted by atomic mass is 10.0. The molecule has 1 aromatic rings. The highest BCUT2D eigenvalue weighted by molar-refractivity contribution is 5.37. The zero-order chi connectivity index (χ0) is 17.6. The van der Waals surface area contributed by atoms with Gasteiger partial charge in [-0.1, -0.05) is 30.3 Å². The number of likely N-dealkylation sites (tertiary alicyclic amines) is 1. The Morgan fingerprint density at radius 3 is 2.50 bits per heavy atom. The summed E-state index contributed by atoms with van der Waals surface area (Å²) in [6, 6.07) is 11.8. The van der Waals surface area contributed by atoms with Gasteiger partial charge in [0.2, 0.25) is 0 Å². The minimum Gasteiger partial charge on any atom is -0.462 e. The van der Waals surface area contributed by atoms with Crippen LogP contribution in [0.3, 0.4) is 0 Å². The van der Waals surface area contributed by atoms with Crippen molar-refractivity contribution in [2.24, 2.45) is 11.7 Å². The predicted octanol–water partition coefficient (Wildman–Crippen LogP) is 3.00. The fraction of sp³-hybridized carbons (Fsp3) is 0.650. The van der Waals surface area contributed by atoms with Crippen molar-refractivity contribution < 1.29 is 9.53 Å². The smallest absolute Gasteiger partial charge is 0.293 e. The molecule has 2 fully saturated rings. The Balaban J connectivity index is 0.000000256. The Morgan fingerprint density at radius 1 is 1.33 bits per heavy atom. The molecule has 1 aliphatic carbocycles. The average molecular weight is 332 g/mol. The number of rotatable bonds is 6. The topological polar surface area (TPSA) is 55.6 Å². The first-order valence-corrected chi connectivity index (χ1v) is 9.04. The molecule has 0 amide bonds. The molecule has 1 aromatic carbocycles. The standard InChI is InChI=1S/C15H22N2.C5H10O2/c16-14(10-12-4-2-1-3-5-12)7-9-17-8-6-13-11-15(13)17;1-5(2,3)7-4-6/h1-5,13-15H,6-11,16H2;4H,1-3H3. The van der Waals surface area contributed by atoms with Gasteiger partial charge in [-0.3, -0.25) is 4.79 Å². The Bertz CT molecular complexity index is 498. The van der Waals surface area contributed by atoms with Crippen LogP contribution in [0.1, 0.15) is 45.6 Å². The third-order valence-corrected chi connectivity index (χ3v) is 4.67. The van der Waals surface area contributed by atoms with Gasteiger partial charge in [-0.05, 0) is 71.0 Å². The monoisotopic (exact) mass is 332 g/mol. The van der Waals surface area contributed by atoms with E-state index in [-0.39, 0.29) is 5.60 Å². The maximum absolute atomic E-state index is 9.60. The Morgan fingerprint density at radius 2 is 2.04 bits per heavy atom. The van der Waals surface area contributed by atoms with Crippen LogP contribution in [0.5, 0.6) is 0 Å². The summed E-state index contributed by atoms with van der Waals surface area (Å²) < 4.78 is 4.55. The number of fused-ring (bicyclic) bond motifs is 1. The van der Waals surface area contributed by atoms with E-state index in [1.54, 1.807) is 0 Å². The van der Waals surface area contributed by atoms with E-state index in [2.05, 4.69) is 40.0 Å². The molecule has 3 atom stereocenters. The van der Waals surface area contributed by atoms with Crippen LogP contribution >= 0.6 is 0 Å². The second-order valence-corrected chi connectivity index (χ2v) is 7.95. The van der Waals surface area contributed by atoms with Crippen LogP contribution in [0, 0.1) is 5.92 Å². The van der Waals surface area contributed by atoms with Gasteiger partial charge >= 0.3 is 0 Å². The van der Waals surface area contributed by atoms with Crippen LogP contribution in [-0.2, 0) is 16.0 Å². The maximum Gasteiger partial charge on any atom is 0.293 e. The van der Waals surface area contributed by atoms with Crippen molar-refractivity contribution >= 4 is 6.47 Å². The first-order valence-electron chi connectivity index (χ1n) is 9.04. The molecular formula is C20H32N2O2. The van der Waals surface area contributed by atoms with Crippen LogP contribution in [0.25, 0.3) is 0 Å². The summed E-state index contributed by atoms with van der Waals surface area (Å²) in [6.45, 7) is 8.44. The number of carbonyl (C=O) groups is 1. The lowest BCUT2D eigenvalue weighted by Crippen LogP contribution is -2.31. The highest BCUT2D eigenvalue weighted by Gasteiger charge is 2.46. The SMILES string of the molecule is CC(C)(C)OC=O.NC(CCN1CCC2CC21)Cc1ccccc1. The lowest BCUT2D eigenvalue weighted by molar-refractivity contribution is -0.138. The van der Waals surface area contributed by atoms with Gasteiger partial charge in [-0.25, -0.2) is 0 Å². The number of piperidine rings is 1. The molecule has 2 aliphatic rings. The molecule has 1 heterocycles. The van der Waals surface area contributed by atoms with Gasteiger partial charge in [0.1, 0.15) is 5.60 Å². The summed E-state index contributed by atoms with van der Waals surface area (Å²) in [5, 5.41) is 0. The largest absolute Gasteiger partial charge is 0.462 e. The van der Waals surface area contributed by atoms with Gasteiger partial charge in [-0.15, -0.1) is 0 Å². The fourth-order valence-corrected chi connectivity index (χ4v) is 3.26. The Labute approximate surface area is 146 Å². The van der Waals surface area contributed by atoms with Crippen LogP contribution in [0.15, 0.2) is 30.3 Å². The summed E-state index contributed by atoms with van der Waals surface area (Å²) in [4.78, 5) is 12.2. The van der Waals surface area contributed by atoms with E-state index in [1.165, 1.54) is 31.5 Å². The Hall–Kier alpha value is -1.39. The van der Waals surface area contributed by atoms with Gasteiger partial charge < -0.3 is 15.4 Å². The molecule has 0 bridgehead atoms. The van der Waals surface area contributed by atoms with Gasteiger partial charge in [0.05, 0.1) is 0 Å². The third kappa shape index (κ3) is 6.62. The normalized spacial score (nSPS) is 23.7. The highest BCUT2D eigenvalue weighted by Crippen LogP contribution is 2.44. The molecule has 2 N–H and O–H groups in total. The third-order valence-electron chi connectivity index (χ3n) is 4.67. The van der Waals surface area contributed by atoms with Crippen LogP contribution in [-0.4, -0.2) is 42.1 Å². The molecule has 4 nitrogen and oxygen atoms in total. The quantitative estimate of drug-likeness (QED) is 0.814. The lowest BCUT2D eigenvalue weighted by Gasteiger charge is -2.20. The molecule has 1 aliphatic heterocycles. The summed E-state index contributed by atoms with van der Waals surface area (Å²) in [5.41, 5.74) is 7.26. The van der Waals surface area contributed by atoms with Crippen molar-refractivity contribution in [2.45, 2.75) is 64.1 Å². The van der Waals surface area contributed by atoms with Gasteiger partial charge in [0.15, 0.2) is 0 Å². The summed E-state index contributed by atoms with van der Waals surface area (Å²) in [5.74, 6) is 1.04. The van der Waals surface area contributed by atoms with Crippen LogP contribution in [0.2, 0.25) is 0 Å². The van der Waals surface area contributed by atoms with Crippen molar-refractivity contribution in [3.8, 4) is 0 Å². The van der Waals surface area contributed by atoms with E-state index in [4.69, 9.17) is 5.73 Å². The minimum atomic E-state index is -0.318. The van der Waals surface area contributed by atoms with E-state index < -0.39 is 0 Å². The highest BCUT2D eigenvalue weighted by atomic mass is 16.5. The molecule has 0 spiro atoms. The van der Waals surface area contributed by atoms with Crippen molar-refractivity contribution in [3.05, 3.63) is 35.9 Å². The molecule has 0 aromatic heterocycles. The van der Waals surface area contributed by atoms with Crippen LogP contribution < -0.4 is 5.73 Å². The van der Waals surface area contributed by atoms with Crippen LogP contribution in [0.4, 0.5) is 0 Å². The van der Waals surface area contributed by atoms with E-state index in [9.17, 15) is 4.79 Å². The fourth-order valence-electron chi connectivity index (χ4n) is 3.26. The zero-order valence-electron chi connectivity index (χ0n) is 15.3. The number of nitrogens with two attached hydrogens (primary N) is 1. The summed E-state index contributed by atoms with van der Waals surface area (Å²) in [6.07, 6.45) is 5.04. The molecular weight excluding hydrogens is 300 g/mol. The van der Waals surface area contributed by atoms with E-state index >= 15 is 0 Å². The molecule has 3 rings (SSSR count). The van der Waals surface area contributed by atoms with E-state index in [0.717, 1.165) is 24.8 Å². The number of benzene rings is 1. The predicted molar refractivity (Wildman–Crippen MR) is 97.7 cm³/mol. The number of nitrogens with zero attached hydrogens (tertiary/aromatic N) is 1. The van der Waals surface area contributed by atoms with Crippen molar-refractivity contribution in [2.75, 3.05) is 13.1 Å². The zero-order valence-corrected chi connectivity index (χ0v) is 15.3. The van der Waals surface area contributed by atoms with E-state index in [1.807, 2.05) is 20.8 Å². The molecule has 1 saturated heterocycles. The average Bonchev–Trinajstić information content (AvgIpc) is 3.18. The number of hydrogen-bond acceptors (Lipinski definition) is 4. The second-order valence-electron chi connectivity index (χ2n) is 7.95. The van der Waals surface area contributed by atoms with Gasteiger partial charge in [0, 0.05) is 12.1 Å². The molecule has 4 heteroatoms. The van der Waals surface area contributed by atoms with Crippen molar-refractivity contribution in [3.63, 3.8) is 0 Å². The van der Waals surface area contributed by atoms with Crippen molar-refractivity contribution in [1.82, 2.24) is 4.90 Å². The second kappa shape index (κ2) is 8.63. The molecule has 1 saturated carbocycles. The maximum atomic E-state index is 9.60. The molecule has 0 radical (unpaired) electrons. The first kappa shape index (κ1) is 18.9. The van der Waals surface area contributed by atoms with Gasteiger partial charge in [0.25, 0.3) is 6.47 Å².